The molecule has 0 spiro atoms. The number of nitrogens with zero attached hydrogens (tertiary/aromatic N) is 1. The first-order valence-electron chi connectivity index (χ1n) is 6.31. The van der Waals surface area contributed by atoms with Crippen LogP contribution in [-0.4, -0.2) is 30.1 Å². The number of nitrogens with one attached hydrogen (secondary N) is 1. The van der Waals surface area contributed by atoms with E-state index in [-0.39, 0.29) is 6.03 Å². The number of carbonyl (C=O) groups excluding carboxylic acids is 1. The van der Waals surface area contributed by atoms with E-state index in [0.717, 1.165) is 13.0 Å². The average molecular weight is 232 g/mol. The molecule has 2 rings (SSSR count). The molecule has 2 amide bonds. The average Bonchev–Trinajstić information content (AvgIpc) is 2.73. The van der Waals surface area contributed by atoms with Crippen molar-refractivity contribution in [2.45, 2.75) is 32.2 Å². The maximum absolute atomic E-state index is 11.8. The Morgan fingerprint density at radius 2 is 2.12 bits per heavy atom. The lowest BCUT2D eigenvalue weighted by Crippen LogP contribution is -2.41. The molecule has 92 valence electrons. The number of rotatable bonds is 2. The summed E-state index contributed by atoms with van der Waals surface area (Å²) in [5.41, 5.74) is 1.34. The van der Waals surface area contributed by atoms with Gasteiger partial charge in [0.2, 0.25) is 0 Å². The molecule has 3 nitrogen and oxygen atoms in total. The molecule has 0 aromatic heterocycles. The van der Waals surface area contributed by atoms with E-state index in [1.165, 1.54) is 5.56 Å². The Labute approximate surface area is 103 Å². The summed E-state index contributed by atoms with van der Waals surface area (Å²) in [7, 11) is 0. The van der Waals surface area contributed by atoms with Gasteiger partial charge in [0, 0.05) is 25.0 Å². The van der Waals surface area contributed by atoms with Gasteiger partial charge in [-0.15, -0.1) is 0 Å². The minimum Gasteiger partial charge on any atom is -0.338 e. The molecule has 0 bridgehead atoms. The van der Waals surface area contributed by atoms with E-state index in [1.807, 2.05) is 17.9 Å². The van der Waals surface area contributed by atoms with Gasteiger partial charge in [0.15, 0.2) is 0 Å². The van der Waals surface area contributed by atoms with Crippen LogP contribution in [0.3, 0.4) is 0 Å². The van der Waals surface area contributed by atoms with Crippen LogP contribution in [0.2, 0.25) is 0 Å². The van der Waals surface area contributed by atoms with Gasteiger partial charge in [-0.3, -0.25) is 0 Å². The molecule has 1 N–H and O–H groups in total. The highest BCUT2D eigenvalue weighted by atomic mass is 16.2. The fourth-order valence-corrected chi connectivity index (χ4v) is 2.53. The van der Waals surface area contributed by atoms with Crippen molar-refractivity contribution < 1.29 is 4.79 Å². The molecule has 1 aromatic rings. The lowest BCUT2D eigenvalue weighted by Gasteiger charge is -2.21. The predicted octanol–water partition coefficient (Wildman–Crippen LogP) is 2.59. The Balaban J connectivity index is 2.04. The third kappa shape index (κ3) is 2.60. The van der Waals surface area contributed by atoms with Gasteiger partial charge in [-0.25, -0.2) is 4.79 Å². The molecule has 0 saturated carbocycles. The maximum atomic E-state index is 11.8. The van der Waals surface area contributed by atoms with E-state index in [0.29, 0.717) is 18.5 Å². The Morgan fingerprint density at radius 1 is 1.41 bits per heavy atom. The lowest BCUT2D eigenvalue weighted by atomic mass is 9.97. The van der Waals surface area contributed by atoms with Gasteiger partial charge in [0.25, 0.3) is 0 Å². The molecule has 1 fully saturated rings. The highest BCUT2D eigenvalue weighted by Crippen LogP contribution is 2.31. The molecular weight excluding hydrogens is 212 g/mol. The fraction of sp³-hybridized carbons (Fsp3) is 0.500. The third-order valence-electron chi connectivity index (χ3n) is 3.43. The summed E-state index contributed by atoms with van der Waals surface area (Å²) in [4.78, 5) is 13.8. The second-order valence-corrected chi connectivity index (χ2v) is 4.68. The van der Waals surface area contributed by atoms with E-state index < -0.39 is 0 Å². The molecule has 3 heteroatoms. The number of likely N-dealkylation sites (tertiary alicyclic amines) is 1. The number of hydrogen-bond donors (Lipinski definition) is 1. The highest BCUT2D eigenvalue weighted by Gasteiger charge is 2.32. The van der Waals surface area contributed by atoms with Crippen molar-refractivity contribution in [1.82, 2.24) is 10.2 Å². The molecule has 1 aliphatic rings. The number of benzene rings is 1. The topological polar surface area (TPSA) is 32.3 Å². The van der Waals surface area contributed by atoms with Gasteiger partial charge in [-0.1, -0.05) is 30.3 Å². The monoisotopic (exact) mass is 232 g/mol. The number of hydrogen-bond acceptors (Lipinski definition) is 1. The second-order valence-electron chi connectivity index (χ2n) is 4.68. The van der Waals surface area contributed by atoms with Crippen molar-refractivity contribution in [2.24, 2.45) is 0 Å². The van der Waals surface area contributed by atoms with Gasteiger partial charge in [-0.2, -0.15) is 0 Å². The van der Waals surface area contributed by atoms with Gasteiger partial charge >= 0.3 is 6.03 Å². The first kappa shape index (κ1) is 12.0. The van der Waals surface area contributed by atoms with Gasteiger partial charge < -0.3 is 10.2 Å². The van der Waals surface area contributed by atoms with Crippen molar-refractivity contribution in [3.63, 3.8) is 0 Å². The maximum Gasteiger partial charge on any atom is 0.317 e. The molecule has 1 aromatic carbocycles. The fourth-order valence-electron chi connectivity index (χ4n) is 2.53. The number of urea groups is 1. The van der Waals surface area contributed by atoms with Crippen LogP contribution < -0.4 is 5.32 Å². The molecule has 0 unspecified atom stereocenters. The Morgan fingerprint density at radius 3 is 2.76 bits per heavy atom. The molecule has 1 aliphatic heterocycles. The van der Waals surface area contributed by atoms with Crippen molar-refractivity contribution >= 4 is 6.03 Å². The van der Waals surface area contributed by atoms with Crippen molar-refractivity contribution in [2.75, 3.05) is 13.1 Å². The van der Waals surface area contributed by atoms with E-state index in [1.54, 1.807) is 0 Å². The van der Waals surface area contributed by atoms with E-state index in [2.05, 4.69) is 36.5 Å². The molecule has 17 heavy (non-hydrogen) atoms. The van der Waals surface area contributed by atoms with Crippen LogP contribution in [0.5, 0.6) is 0 Å². The quantitative estimate of drug-likeness (QED) is 0.835. The molecule has 2 atom stereocenters. The first-order chi connectivity index (χ1) is 8.22. The van der Waals surface area contributed by atoms with Crippen LogP contribution >= 0.6 is 0 Å². The van der Waals surface area contributed by atoms with Crippen LogP contribution in [0.15, 0.2) is 30.3 Å². The number of amides is 2. The van der Waals surface area contributed by atoms with Gasteiger partial charge in [-0.05, 0) is 25.8 Å². The summed E-state index contributed by atoms with van der Waals surface area (Å²) in [5.74, 6) is 0.480. The predicted molar refractivity (Wildman–Crippen MR) is 69.0 cm³/mol. The van der Waals surface area contributed by atoms with Crippen LogP contribution in [0.4, 0.5) is 4.79 Å². The van der Waals surface area contributed by atoms with Crippen molar-refractivity contribution in [3.05, 3.63) is 35.9 Å². The Kier molecular flexibility index (Phi) is 3.67. The minimum atomic E-state index is 0.0680. The first-order valence-corrected chi connectivity index (χ1v) is 6.31. The molecule has 0 radical (unpaired) electrons. The van der Waals surface area contributed by atoms with Crippen molar-refractivity contribution in [3.8, 4) is 0 Å². The van der Waals surface area contributed by atoms with Crippen LogP contribution in [0, 0.1) is 0 Å². The van der Waals surface area contributed by atoms with E-state index in [4.69, 9.17) is 0 Å². The zero-order chi connectivity index (χ0) is 12.3. The summed E-state index contributed by atoms with van der Waals surface area (Å²) in [6, 6.07) is 10.9. The van der Waals surface area contributed by atoms with E-state index >= 15 is 0 Å². The lowest BCUT2D eigenvalue weighted by molar-refractivity contribution is 0.196. The summed E-state index contributed by atoms with van der Waals surface area (Å²) in [5, 5.41) is 2.88. The normalized spacial score (nSPS) is 23.8. The molecule has 1 heterocycles. The summed E-state index contributed by atoms with van der Waals surface area (Å²) >= 11 is 0. The Bertz CT molecular complexity index is 377. The standard InChI is InChI=1S/C14H20N2O/c1-3-15-14(17)16-10-13(9-11(16)2)12-7-5-4-6-8-12/h4-8,11,13H,3,9-10H2,1-2H3,(H,15,17)/t11-,13+/m1/s1. The van der Waals surface area contributed by atoms with Crippen LogP contribution in [0.25, 0.3) is 0 Å². The van der Waals surface area contributed by atoms with Gasteiger partial charge in [0.1, 0.15) is 0 Å². The highest BCUT2D eigenvalue weighted by molar-refractivity contribution is 5.75. The Hall–Kier alpha value is -1.51. The number of carbonyl (C=O) groups is 1. The van der Waals surface area contributed by atoms with Crippen LogP contribution in [-0.2, 0) is 0 Å². The van der Waals surface area contributed by atoms with Gasteiger partial charge in [0.05, 0.1) is 0 Å². The zero-order valence-electron chi connectivity index (χ0n) is 10.5. The summed E-state index contributed by atoms with van der Waals surface area (Å²) in [6.07, 6.45) is 1.06. The SMILES string of the molecule is CCNC(=O)N1C[C@@H](c2ccccc2)C[C@H]1C. The molecular formula is C14H20N2O. The smallest absolute Gasteiger partial charge is 0.317 e. The zero-order valence-corrected chi connectivity index (χ0v) is 10.5. The third-order valence-corrected chi connectivity index (χ3v) is 3.43. The molecule has 1 saturated heterocycles. The largest absolute Gasteiger partial charge is 0.338 e. The summed E-state index contributed by atoms with van der Waals surface area (Å²) in [6.45, 7) is 5.60. The van der Waals surface area contributed by atoms with Crippen LogP contribution in [0.1, 0.15) is 31.7 Å². The van der Waals surface area contributed by atoms with E-state index in [9.17, 15) is 4.79 Å². The molecule has 0 aliphatic carbocycles. The second kappa shape index (κ2) is 5.21. The summed E-state index contributed by atoms with van der Waals surface area (Å²) < 4.78 is 0. The van der Waals surface area contributed by atoms with Crippen molar-refractivity contribution in [1.29, 1.82) is 0 Å². The minimum absolute atomic E-state index is 0.0680.